The van der Waals surface area contributed by atoms with Gasteiger partial charge in [-0.3, -0.25) is 9.59 Å². The highest BCUT2D eigenvalue weighted by molar-refractivity contribution is 9.10. The molecular weight excluding hydrogens is 306 g/mol. The zero-order valence-electron chi connectivity index (χ0n) is 11.3. The smallest absolute Gasteiger partial charge is 0.253 e. The number of aryl methyl sites for hydroxylation is 1. The molecule has 1 saturated heterocycles. The number of rotatable bonds is 2. The van der Waals surface area contributed by atoms with E-state index >= 15 is 0 Å². The number of piperidine rings is 1. The van der Waals surface area contributed by atoms with Crippen molar-refractivity contribution in [2.75, 3.05) is 13.1 Å². The summed E-state index contributed by atoms with van der Waals surface area (Å²) in [7, 11) is 0. The number of halogens is 1. The third-order valence-electron chi connectivity index (χ3n) is 3.71. The van der Waals surface area contributed by atoms with Gasteiger partial charge in [0.2, 0.25) is 0 Å². The van der Waals surface area contributed by atoms with Crippen LogP contribution >= 0.6 is 15.9 Å². The summed E-state index contributed by atoms with van der Waals surface area (Å²) in [6.07, 6.45) is 1.29. The Morgan fingerprint density at radius 3 is 2.84 bits per heavy atom. The van der Waals surface area contributed by atoms with E-state index in [1.165, 1.54) is 0 Å². The Morgan fingerprint density at radius 2 is 2.21 bits per heavy atom. The Hall–Kier alpha value is -1.16. The molecule has 1 aromatic rings. The van der Waals surface area contributed by atoms with Crippen LogP contribution in [0.3, 0.4) is 0 Å². The molecule has 1 amide bonds. The van der Waals surface area contributed by atoms with E-state index in [0.717, 1.165) is 16.5 Å². The van der Waals surface area contributed by atoms with Crippen LogP contribution in [0.5, 0.6) is 0 Å². The number of amides is 1. The fraction of sp³-hybridized carbons (Fsp3) is 0.467. The quantitative estimate of drug-likeness (QED) is 0.838. The third kappa shape index (κ3) is 3.06. The van der Waals surface area contributed by atoms with E-state index in [2.05, 4.69) is 15.9 Å². The predicted molar refractivity (Wildman–Crippen MR) is 78.2 cm³/mol. The van der Waals surface area contributed by atoms with E-state index in [1.807, 2.05) is 32.0 Å². The van der Waals surface area contributed by atoms with Gasteiger partial charge in [-0.1, -0.05) is 22.9 Å². The van der Waals surface area contributed by atoms with Crippen LogP contribution in [0.2, 0.25) is 0 Å². The van der Waals surface area contributed by atoms with Gasteiger partial charge in [-0.25, -0.2) is 0 Å². The van der Waals surface area contributed by atoms with Gasteiger partial charge in [0, 0.05) is 35.5 Å². The minimum atomic E-state index is 0.00856. The molecule has 0 bridgehead atoms. The Labute approximate surface area is 122 Å². The highest BCUT2D eigenvalue weighted by Gasteiger charge is 2.29. The van der Waals surface area contributed by atoms with Gasteiger partial charge in [0.05, 0.1) is 0 Å². The van der Waals surface area contributed by atoms with Crippen molar-refractivity contribution in [1.82, 2.24) is 4.90 Å². The number of likely N-dealkylation sites (tertiary alicyclic amines) is 1. The summed E-state index contributed by atoms with van der Waals surface area (Å²) in [5.74, 6) is 0.328. The lowest BCUT2D eigenvalue weighted by molar-refractivity contribution is -0.125. The van der Waals surface area contributed by atoms with Crippen LogP contribution in [0.15, 0.2) is 22.7 Å². The second-order valence-corrected chi connectivity index (χ2v) is 5.89. The molecule has 1 fully saturated rings. The lowest BCUT2D eigenvalue weighted by Crippen LogP contribution is -2.43. The molecule has 0 aliphatic carbocycles. The molecule has 0 N–H and O–H groups in total. The predicted octanol–water partition coefficient (Wildman–Crippen LogP) is 3.20. The summed E-state index contributed by atoms with van der Waals surface area (Å²) in [6.45, 7) is 5.07. The monoisotopic (exact) mass is 323 g/mol. The van der Waals surface area contributed by atoms with Crippen LogP contribution in [0, 0.1) is 12.8 Å². The number of ketones is 1. The largest absolute Gasteiger partial charge is 0.337 e. The molecular formula is C15H18BrNO2. The fourth-order valence-electron chi connectivity index (χ4n) is 2.41. The maximum Gasteiger partial charge on any atom is 0.253 e. The molecule has 0 spiro atoms. The molecule has 2 rings (SSSR count). The second kappa shape index (κ2) is 5.87. The average Bonchev–Trinajstić information content (AvgIpc) is 2.41. The third-order valence-corrected chi connectivity index (χ3v) is 4.60. The zero-order chi connectivity index (χ0) is 14.0. The lowest BCUT2D eigenvalue weighted by atomic mass is 9.93. The van der Waals surface area contributed by atoms with Crippen molar-refractivity contribution in [2.24, 2.45) is 5.92 Å². The topological polar surface area (TPSA) is 37.4 Å². The first-order valence-electron chi connectivity index (χ1n) is 6.61. The van der Waals surface area contributed by atoms with Crippen LogP contribution < -0.4 is 0 Å². The fourth-order valence-corrected chi connectivity index (χ4v) is 2.66. The molecule has 1 atom stereocenters. The van der Waals surface area contributed by atoms with Crippen molar-refractivity contribution in [2.45, 2.75) is 26.7 Å². The van der Waals surface area contributed by atoms with Crippen LogP contribution in [0.1, 0.15) is 35.7 Å². The second-order valence-electron chi connectivity index (χ2n) is 5.04. The SMILES string of the molecule is CCC1CN(C(=O)c2ccc(Br)c(C)c2)CCC1=O. The first-order valence-corrected chi connectivity index (χ1v) is 7.40. The molecule has 1 heterocycles. The normalized spacial score (nSPS) is 19.6. The van der Waals surface area contributed by atoms with Crippen molar-refractivity contribution in [1.29, 1.82) is 0 Å². The lowest BCUT2D eigenvalue weighted by Gasteiger charge is -2.31. The van der Waals surface area contributed by atoms with Gasteiger partial charge in [-0.2, -0.15) is 0 Å². The molecule has 19 heavy (non-hydrogen) atoms. The minimum absolute atomic E-state index is 0.00856. The van der Waals surface area contributed by atoms with Crippen molar-refractivity contribution in [3.63, 3.8) is 0 Å². The van der Waals surface area contributed by atoms with E-state index in [0.29, 0.717) is 30.9 Å². The Kier molecular flexibility index (Phi) is 4.40. The molecule has 0 saturated carbocycles. The number of hydrogen-bond donors (Lipinski definition) is 0. The van der Waals surface area contributed by atoms with Crippen LogP contribution in [0.4, 0.5) is 0 Å². The summed E-state index contributed by atoms with van der Waals surface area (Å²) in [6, 6.07) is 5.62. The number of Topliss-reactive ketones (excluding diaryl/α,β-unsaturated/α-hetero) is 1. The van der Waals surface area contributed by atoms with E-state index in [9.17, 15) is 9.59 Å². The molecule has 1 aromatic carbocycles. The first-order chi connectivity index (χ1) is 9.02. The Balaban J connectivity index is 2.15. The van der Waals surface area contributed by atoms with Gasteiger partial charge < -0.3 is 4.90 Å². The van der Waals surface area contributed by atoms with Gasteiger partial charge in [0.25, 0.3) is 5.91 Å². The number of carbonyl (C=O) groups excluding carboxylic acids is 2. The van der Waals surface area contributed by atoms with E-state index < -0.39 is 0 Å². The Bertz CT molecular complexity index is 513. The first kappa shape index (κ1) is 14.3. The molecule has 1 aliphatic heterocycles. The number of carbonyl (C=O) groups is 2. The van der Waals surface area contributed by atoms with Crippen LogP contribution in [-0.2, 0) is 4.79 Å². The van der Waals surface area contributed by atoms with Crippen molar-refractivity contribution >= 4 is 27.6 Å². The standard InChI is InChI=1S/C15H18BrNO2/c1-3-11-9-17(7-6-14(11)18)15(19)12-4-5-13(16)10(2)8-12/h4-5,8,11H,3,6-7,9H2,1-2H3. The zero-order valence-corrected chi connectivity index (χ0v) is 12.9. The average molecular weight is 324 g/mol. The maximum absolute atomic E-state index is 12.4. The van der Waals surface area contributed by atoms with E-state index in [1.54, 1.807) is 4.90 Å². The molecule has 3 nitrogen and oxygen atoms in total. The Morgan fingerprint density at radius 1 is 1.47 bits per heavy atom. The van der Waals surface area contributed by atoms with E-state index in [-0.39, 0.29) is 11.8 Å². The molecule has 4 heteroatoms. The number of hydrogen-bond acceptors (Lipinski definition) is 2. The van der Waals surface area contributed by atoms with Gasteiger partial charge in [0.15, 0.2) is 0 Å². The summed E-state index contributed by atoms with van der Waals surface area (Å²) >= 11 is 3.43. The minimum Gasteiger partial charge on any atom is -0.337 e. The maximum atomic E-state index is 12.4. The van der Waals surface area contributed by atoms with Crippen molar-refractivity contribution in [3.8, 4) is 0 Å². The molecule has 0 radical (unpaired) electrons. The van der Waals surface area contributed by atoms with E-state index in [4.69, 9.17) is 0 Å². The molecule has 102 valence electrons. The summed E-state index contributed by atoms with van der Waals surface area (Å²) in [4.78, 5) is 25.9. The van der Waals surface area contributed by atoms with Crippen LogP contribution in [-0.4, -0.2) is 29.7 Å². The highest BCUT2D eigenvalue weighted by Crippen LogP contribution is 2.21. The number of benzene rings is 1. The molecule has 0 aromatic heterocycles. The summed E-state index contributed by atoms with van der Waals surface area (Å²) in [5.41, 5.74) is 1.75. The number of nitrogens with zero attached hydrogens (tertiary/aromatic N) is 1. The summed E-state index contributed by atoms with van der Waals surface area (Å²) in [5, 5.41) is 0. The summed E-state index contributed by atoms with van der Waals surface area (Å²) < 4.78 is 1.00. The van der Waals surface area contributed by atoms with Gasteiger partial charge in [0.1, 0.15) is 5.78 Å². The van der Waals surface area contributed by atoms with Crippen molar-refractivity contribution in [3.05, 3.63) is 33.8 Å². The van der Waals surface area contributed by atoms with Gasteiger partial charge in [-0.05, 0) is 37.1 Å². The highest BCUT2D eigenvalue weighted by atomic mass is 79.9. The van der Waals surface area contributed by atoms with Crippen LogP contribution in [0.25, 0.3) is 0 Å². The van der Waals surface area contributed by atoms with Gasteiger partial charge in [-0.15, -0.1) is 0 Å². The molecule has 1 aliphatic rings. The molecule has 1 unspecified atom stereocenters. The van der Waals surface area contributed by atoms with Gasteiger partial charge >= 0.3 is 0 Å². The van der Waals surface area contributed by atoms with Crippen molar-refractivity contribution < 1.29 is 9.59 Å².